The second kappa shape index (κ2) is 5.97. The zero-order valence-corrected chi connectivity index (χ0v) is 10.6. The third kappa shape index (κ3) is 3.40. The van der Waals surface area contributed by atoms with Crippen LogP contribution in [-0.2, 0) is 24.1 Å². The lowest BCUT2D eigenvalue weighted by Crippen LogP contribution is -2.11. The molecule has 0 bridgehead atoms. The Morgan fingerprint density at radius 1 is 1.29 bits per heavy atom. The van der Waals surface area contributed by atoms with Crippen molar-refractivity contribution in [2.75, 3.05) is 13.6 Å². The minimum Gasteiger partial charge on any atom is -0.320 e. The van der Waals surface area contributed by atoms with E-state index in [1.807, 2.05) is 7.05 Å². The maximum Gasteiger partial charge on any atom is 0.137 e. The summed E-state index contributed by atoms with van der Waals surface area (Å²) in [4.78, 5) is 11.8. The van der Waals surface area contributed by atoms with Crippen LogP contribution in [0.4, 0.5) is 0 Å². The highest BCUT2D eigenvalue weighted by Gasteiger charge is 2.11. The summed E-state index contributed by atoms with van der Waals surface area (Å²) < 4.78 is 0. The molecule has 0 aromatic heterocycles. The normalized spacial score (nSPS) is 13.7. The predicted molar refractivity (Wildman–Crippen MR) is 70.3 cm³/mol. The molecule has 17 heavy (non-hydrogen) atoms. The van der Waals surface area contributed by atoms with Crippen molar-refractivity contribution in [1.29, 1.82) is 0 Å². The van der Waals surface area contributed by atoms with E-state index in [0.717, 1.165) is 13.0 Å². The smallest absolute Gasteiger partial charge is 0.137 e. The zero-order chi connectivity index (χ0) is 12.1. The Morgan fingerprint density at radius 2 is 2.12 bits per heavy atom. The number of Topliss-reactive ketones (excluding diaryl/α,β-unsaturated/α-hetero) is 1. The Balaban J connectivity index is 1.88. The van der Waals surface area contributed by atoms with Gasteiger partial charge in [-0.1, -0.05) is 18.2 Å². The molecule has 0 radical (unpaired) electrons. The van der Waals surface area contributed by atoms with Crippen LogP contribution in [0.25, 0.3) is 0 Å². The largest absolute Gasteiger partial charge is 0.320 e. The van der Waals surface area contributed by atoms with Crippen molar-refractivity contribution in [2.45, 2.75) is 38.5 Å². The molecule has 1 N–H and O–H groups in total. The fourth-order valence-electron chi connectivity index (χ4n) is 2.51. The molecule has 0 atom stereocenters. The van der Waals surface area contributed by atoms with Crippen molar-refractivity contribution >= 4 is 5.78 Å². The maximum absolute atomic E-state index is 11.8. The molecule has 0 unspecified atom stereocenters. The van der Waals surface area contributed by atoms with E-state index in [1.54, 1.807) is 0 Å². The van der Waals surface area contributed by atoms with Crippen LogP contribution >= 0.6 is 0 Å². The number of aryl methyl sites for hydroxylation is 2. The number of carbonyl (C=O) groups is 1. The minimum atomic E-state index is 0.359. The number of nitrogens with one attached hydrogen (secondary N) is 1. The summed E-state index contributed by atoms with van der Waals surface area (Å²) in [5, 5.41) is 3.07. The lowest BCUT2D eigenvalue weighted by molar-refractivity contribution is -0.118. The second-order valence-corrected chi connectivity index (χ2v) is 4.88. The lowest BCUT2D eigenvalue weighted by Gasteiger charge is -2.04. The third-order valence-electron chi connectivity index (χ3n) is 3.45. The Labute approximate surface area is 103 Å². The molecule has 0 amide bonds. The van der Waals surface area contributed by atoms with Crippen LogP contribution < -0.4 is 5.32 Å². The third-order valence-corrected chi connectivity index (χ3v) is 3.45. The van der Waals surface area contributed by atoms with Gasteiger partial charge in [0.2, 0.25) is 0 Å². The van der Waals surface area contributed by atoms with Crippen LogP contribution in [0.15, 0.2) is 18.2 Å². The van der Waals surface area contributed by atoms with Crippen molar-refractivity contribution in [2.24, 2.45) is 0 Å². The highest BCUT2D eigenvalue weighted by atomic mass is 16.1. The molecule has 1 aliphatic carbocycles. The van der Waals surface area contributed by atoms with Gasteiger partial charge in [0.25, 0.3) is 0 Å². The Morgan fingerprint density at radius 3 is 2.94 bits per heavy atom. The van der Waals surface area contributed by atoms with E-state index in [2.05, 4.69) is 23.5 Å². The summed E-state index contributed by atoms with van der Waals surface area (Å²) in [6, 6.07) is 6.57. The van der Waals surface area contributed by atoms with Gasteiger partial charge in [0, 0.05) is 12.8 Å². The standard InChI is InChI=1S/C15H21NO/c1-16-9-3-6-15(17)11-12-7-8-13-4-2-5-14(13)10-12/h7-8,10,16H,2-6,9,11H2,1H3. The van der Waals surface area contributed by atoms with E-state index in [1.165, 1.54) is 36.0 Å². The average molecular weight is 231 g/mol. The quantitative estimate of drug-likeness (QED) is 0.761. The first kappa shape index (κ1) is 12.3. The van der Waals surface area contributed by atoms with Crippen LogP contribution in [0, 0.1) is 0 Å². The van der Waals surface area contributed by atoms with Gasteiger partial charge >= 0.3 is 0 Å². The van der Waals surface area contributed by atoms with Gasteiger partial charge < -0.3 is 5.32 Å². The summed E-state index contributed by atoms with van der Waals surface area (Å²) in [5.74, 6) is 0.359. The molecule has 92 valence electrons. The molecule has 0 fully saturated rings. The number of hydrogen-bond acceptors (Lipinski definition) is 2. The van der Waals surface area contributed by atoms with Crippen molar-refractivity contribution < 1.29 is 4.79 Å². The molecule has 2 heteroatoms. The summed E-state index contributed by atoms with van der Waals surface area (Å²) in [6.07, 6.45) is 5.92. The number of hydrogen-bond donors (Lipinski definition) is 1. The highest BCUT2D eigenvalue weighted by Crippen LogP contribution is 2.23. The first-order chi connectivity index (χ1) is 8.29. The van der Waals surface area contributed by atoms with Gasteiger partial charge in [-0.2, -0.15) is 0 Å². The number of carbonyl (C=O) groups excluding carboxylic acids is 1. The van der Waals surface area contributed by atoms with Crippen LogP contribution in [-0.4, -0.2) is 19.4 Å². The number of fused-ring (bicyclic) bond motifs is 1. The van der Waals surface area contributed by atoms with Gasteiger partial charge in [-0.3, -0.25) is 4.79 Å². The van der Waals surface area contributed by atoms with E-state index in [0.29, 0.717) is 18.6 Å². The van der Waals surface area contributed by atoms with Crippen LogP contribution in [0.3, 0.4) is 0 Å². The number of benzene rings is 1. The molecule has 1 aliphatic rings. The maximum atomic E-state index is 11.8. The SMILES string of the molecule is CNCCCC(=O)Cc1ccc2c(c1)CCC2. The lowest BCUT2D eigenvalue weighted by atomic mass is 10.0. The van der Waals surface area contributed by atoms with Crippen molar-refractivity contribution in [1.82, 2.24) is 5.32 Å². The second-order valence-electron chi connectivity index (χ2n) is 4.88. The molecule has 1 aromatic rings. The van der Waals surface area contributed by atoms with E-state index in [-0.39, 0.29) is 0 Å². The van der Waals surface area contributed by atoms with Crippen molar-refractivity contribution in [3.8, 4) is 0 Å². The summed E-state index contributed by atoms with van der Waals surface area (Å²) in [6.45, 7) is 0.927. The van der Waals surface area contributed by atoms with E-state index in [4.69, 9.17) is 0 Å². The minimum absolute atomic E-state index is 0.359. The molecule has 1 aromatic carbocycles. The van der Waals surface area contributed by atoms with E-state index < -0.39 is 0 Å². The Hall–Kier alpha value is -1.15. The molecular weight excluding hydrogens is 210 g/mol. The Kier molecular flexibility index (Phi) is 4.32. The van der Waals surface area contributed by atoms with Gasteiger partial charge in [0.05, 0.1) is 0 Å². The Bertz CT molecular complexity index is 398. The molecule has 0 saturated carbocycles. The highest BCUT2D eigenvalue weighted by molar-refractivity contribution is 5.80. The molecule has 0 heterocycles. The van der Waals surface area contributed by atoms with E-state index in [9.17, 15) is 4.79 Å². The van der Waals surface area contributed by atoms with Crippen molar-refractivity contribution in [3.05, 3.63) is 34.9 Å². The molecule has 2 rings (SSSR count). The van der Waals surface area contributed by atoms with Crippen molar-refractivity contribution in [3.63, 3.8) is 0 Å². The fourth-order valence-corrected chi connectivity index (χ4v) is 2.51. The van der Waals surface area contributed by atoms with Gasteiger partial charge in [-0.25, -0.2) is 0 Å². The fraction of sp³-hybridized carbons (Fsp3) is 0.533. The van der Waals surface area contributed by atoms with Crippen LogP contribution in [0.1, 0.15) is 36.0 Å². The first-order valence-corrected chi connectivity index (χ1v) is 6.56. The van der Waals surface area contributed by atoms with Crippen LogP contribution in [0.2, 0.25) is 0 Å². The van der Waals surface area contributed by atoms with E-state index >= 15 is 0 Å². The first-order valence-electron chi connectivity index (χ1n) is 6.56. The topological polar surface area (TPSA) is 29.1 Å². The zero-order valence-electron chi connectivity index (χ0n) is 10.6. The van der Waals surface area contributed by atoms with Gasteiger partial charge in [0.1, 0.15) is 5.78 Å². The molecule has 0 spiro atoms. The molecular formula is C15H21NO. The summed E-state index contributed by atoms with van der Waals surface area (Å²) in [5.41, 5.74) is 4.14. The van der Waals surface area contributed by atoms with Crippen LogP contribution in [0.5, 0.6) is 0 Å². The summed E-state index contributed by atoms with van der Waals surface area (Å²) >= 11 is 0. The predicted octanol–water partition coefficient (Wildman–Crippen LogP) is 2.29. The molecule has 0 saturated heterocycles. The number of ketones is 1. The van der Waals surface area contributed by atoms with Gasteiger partial charge in [-0.15, -0.1) is 0 Å². The monoisotopic (exact) mass is 231 g/mol. The van der Waals surface area contributed by atoms with Gasteiger partial charge in [-0.05, 0) is 56.0 Å². The molecule has 2 nitrogen and oxygen atoms in total. The van der Waals surface area contributed by atoms with Gasteiger partial charge in [0.15, 0.2) is 0 Å². The number of rotatable bonds is 6. The molecule has 0 aliphatic heterocycles. The summed E-state index contributed by atoms with van der Waals surface area (Å²) in [7, 11) is 1.92. The average Bonchev–Trinajstić information content (AvgIpc) is 2.76.